The van der Waals surface area contributed by atoms with Crippen molar-refractivity contribution in [1.82, 2.24) is 24.6 Å². The summed E-state index contributed by atoms with van der Waals surface area (Å²) >= 11 is 0. The molecular formula is C27H31N5O2. The lowest BCUT2D eigenvalue weighted by Gasteiger charge is -2.38. The van der Waals surface area contributed by atoms with Gasteiger partial charge in [-0.15, -0.1) is 0 Å². The van der Waals surface area contributed by atoms with Gasteiger partial charge in [0, 0.05) is 30.9 Å². The van der Waals surface area contributed by atoms with Crippen molar-refractivity contribution in [3.8, 4) is 23.0 Å². The fourth-order valence-corrected chi connectivity index (χ4v) is 5.31. The summed E-state index contributed by atoms with van der Waals surface area (Å²) in [6, 6.07) is 18.0. The number of fused-ring (bicyclic) bond motifs is 1. The number of nitrogens with one attached hydrogen (secondary N) is 1. The topological polar surface area (TPSA) is 68.2 Å². The zero-order valence-corrected chi connectivity index (χ0v) is 19.6. The Kier molecular flexibility index (Phi) is 5.81. The lowest BCUT2D eigenvalue weighted by molar-refractivity contribution is 0.00507. The third kappa shape index (κ3) is 4.45. The molecule has 2 aromatic heterocycles. The van der Waals surface area contributed by atoms with E-state index in [4.69, 9.17) is 14.6 Å². The molecule has 0 atom stereocenters. The largest absolute Gasteiger partial charge is 0.426 e. The van der Waals surface area contributed by atoms with Gasteiger partial charge in [-0.05, 0) is 68.5 Å². The molecule has 3 heterocycles. The number of hydrogen-bond acceptors (Lipinski definition) is 5. The molecule has 7 nitrogen and oxygen atoms in total. The first-order chi connectivity index (χ1) is 16.7. The Morgan fingerprint density at radius 1 is 0.971 bits per heavy atom. The van der Waals surface area contributed by atoms with Gasteiger partial charge in [0.15, 0.2) is 0 Å². The lowest BCUT2D eigenvalue weighted by Crippen LogP contribution is -2.45. The Morgan fingerprint density at radius 2 is 1.79 bits per heavy atom. The van der Waals surface area contributed by atoms with E-state index in [1.807, 2.05) is 37.3 Å². The molecule has 7 heteroatoms. The van der Waals surface area contributed by atoms with Gasteiger partial charge in [0.1, 0.15) is 5.75 Å². The number of benzene rings is 2. The third-order valence-electron chi connectivity index (χ3n) is 7.17. The quantitative estimate of drug-likeness (QED) is 0.438. The number of nitrogens with zero attached hydrogens (tertiary/aromatic N) is 4. The van der Waals surface area contributed by atoms with Gasteiger partial charge < -0.3 is 14.5 Å². The van der Waals surface area contributed by atoms with Crippen molar-refractivity contribution < 1.29 is 9.47 Å². The lowest BCUT2D eigenvalue weighted by atomic mass is 9.90. The number of ether oxygens (including phenoxy) is 2. The molecule has 34 heavy (non-hydrogen) atoms. The van der Waals surface area contributed by atoms with E-state index in [0.717, 1.165) is 59.9 Å². The van der Waals surface area contributed by atoms with Crippen LogP contribution in [0.2, 0.25) is 0 Å². The number of rotatable bonds is 5. The van der Waals surface area contributed by atoms with Crippen molar-refractivity contribution in [2.45, 2.75) is 44.7 Å². The van der Waals surface area contributed by atoms with Crippen molar-refractivity contribution >= 4 is 11.0 Å². The summed E-state index contributed by atoms with van der Waals surface area (Å²) in [6.45, 7) is 5.96. The molecule has 176 valence electrons. The fourth-order valence-electron chi connectivity index (χ4n) is 5.31. The summed E-state index contributed by atoms with van der Waals surface area (Å²) in [5.41, 5.74) is 5.06. The third-order valence-corrected chi connectivity index (χ3v) is 7.17. The highest BCUT2D eigenvalue weighted by Crippen LogP contribution is 2.32. The summed E-state index contributed by atoms with van der Waals surface area (Å²) in [4.78, 5) is 10.5. The van der Waals surface area contributed by atoms with E-state index in [2.05, 4.69) is 43.9 Å². The molecule has 4 aromatic rings. The van der Waals surface area contributed by atoms with Crippen molar-refractivity contribution in [2.75, 3.05) is 26.3 Å². The molecular weight excluding hydrogens is 426 g/mol. The summed E-state index contributed by atoms with van der Waals surface area (Å²) in [5, 5.41) is 4.95. The highest BCUT2D eigenvalue weighted by Gasteiger charge is 2.28. The molecule has 0 bridgehead atoms. The van der Waals surface area contributed by atoms with Crippen LogP contribution in [-0.4, -0.2) is 57.0 Å². The molecule has 0 amide bonds. The van der Waals surface area contributed by atoms with Crippen LogP contribution in [0, 0.1) is 6.92 Å². The van der Waals surface area contributed by atoms with Crippen LogP contribution in [0.15, 0.2) is 54.7 Å². The van der Waals surface area contributed by atoms with E-state index in [-0.39, 0.29) is 0 Å². The number of morpholine rings is 1. The Bertz CT molecular complexity index is 1270. The number of aryl methyl sites for hydroxylation is 1. The molecule has 2 fully saturated rings. The van der Waals surface area contributed by atoms with Gasteiger partial charge in [0.2, 0.25) is 0 Å². The van der Waals surface area contributed by atoms with Gasteiger partial charge in [-0.2, -0.15) is 10.1 Å². The Morgan fingerprint density at radius 3 is 2.62 bits per heavy atom. The summed E-state index contributed by atoms with van der Waals surface area (Å²) in [7, 11) is 0. The van der Waals surface area contributed by atoms with Crippen LogP contribution in [0.4, 0.5) is 0 Å². The van der Waals surface area contributed by atoms with Gasteiger partial charge in [-0.1, -0.05) is 18.2 Å². The molecule has 0 spiro atoms. The number of aromatic amines is 1. The number of aromatic nitrogens is 4. The summed E-state index contributed by atoms with van der Waals surface area (Å²) in [6.07, 6.45) is 6.98. The molecule has 1 N–H and O–H groups in total. The average molecular weight is 458 g/mol. The monoisotopic (exact) mass is 457 g/mol. The van der Waals surface area contributed by atoms with Crippen LogP contribution in [0.1, 0.15) is 37.3 Å². The molecule has 6 rings (SSSR count). The number of H-pyrrole nitrogens is 1. The van der Waals surface area contributed by atoms with E-state index in [1.165, 1.54) is 25.7 Å². The number of hydrogen-bond donors (Lipinski definition) is 1. The van der Waals surface area contributed by atoms with Crippen LogP contribution in [0.3, 0.4) is 0 Å². The van der Waals surface area contributed by atoms with E-state index >= 15 is 0 Å². The van der Waals surface area contributed by atoms with Crippen LogP contribution in [0.25, 0.3) is 22.3 Å². The predicted octanol–water partition coefficient (Wildman–Crippen LogP) is 5.34. The van der Waals surface area contributed by atoms with Crippen LogP contribution in [0.5, 0.6) is 11.8 Å². The van der Waals surface area contributed by atoms with Crippen molar-refractivity contribution in [1.29, 1.82) is 0 Å². The summed E-state index contributed by atoms with van der Waals surface area (Å²) in [5.74, 6) is 0.779. The first kappa shape index (κ1) is 21.4. The Balaban J connectivity index is 1.14. The zero-order valence-electron chi connectivity index (χ0n) is 19.6. The van der Waals surface area contributed by atoms with Gasteiger partial charge in [-0.25, -0.2) is 0 Å². The molecule has 1 aliphatic heterocycles. The normalized spacial score (nSPS) is 21.7. The maximum absolute atomic E-state index is 5.93. The van der Waals surface area contributed by atoms with Crippen LogP contribution in [-0.2, 0) is 4.74 Å². The van der Waals surface area contributed by atoms with Crippen LogP contribution >= 0.6 is 0 Å². The van der Waals surface area contributed by atoms with Gasteiger partial charge >= 0.3 is 0 Å². The number of imidazole rings is 1. The molecule has 0 radical (unpaired) electrons. The van der Waals surface area contributed by atoms with E-state index < -0.39 is 0 Å². The SMILES string of the molecule is Cc1cccc(Oc2nc3ccc(-c4ccn(C5CCC(N6CCOCC6)CC5)n4)cc3[nH]2)c1. The van der Waals surface area contributed by atoms with Crippen molar-refractivity contribution in [2.24, 2.45) is 0 Å². The minimum absolute atomic E-state index is 0.483. The molecule has 0 unspecified atom stereocenters. The average Bonchev–Trinajstić information content (AvgIpc) is 3.51. The first-order valence-electron chi connectivity index (χ1n) is 12.3. The molecule has 2 aromatic carbocycles. The highest BCUT2D eigenvalue weighted by atomic mass is 16.5. The first-order valence-corrected chi connectivity index (χ1v) is 12.3. The van der Waals surface area contributed by atoms with Crippen molar-refractivity contribution in [3.05, 3.63) is 60.3 Å². The second kappa shape index (κ2) is 9.24. The van der Waals surface area contributed by atoms with Crippen LogP contribution < -0.4 is 4.74 Å². The minimum atomic E-state index is 0.483. The minimum Gasteiger partial charge on any atom is -0.426 e. The standard InChI is InChI=1S/C27H31N5O2/c1-19-3-2-4-23(17-19)34-27-28-25-10-5-20(18-26(25)29-27)24-11-12-32(30-24)22-8-6-21(7-9-22)31-13-15-33-16-14-31/h2-5,10-12,17-18,21-22H,6-9,13-16H2,1H3,(H,28,29). The fraction of sp³-hybridized carbons (Fsp3) is 0.407. The molecule has 1 saturated heterocycles. The van der Waals surface area contributed by atoms with E-state index in [9.17, 15) is 0 Å². The Labute approximate surface area is 199 Å². The molecule has 1 aliphatic carbocycles. The maximum Gasteiger partial charge on any atom is 0.300 e. The molecule has 1 saturated carbocycles. The van der Waals surface area contributed by atoms with E-state index in [0.29, 0.717) is 18.1 Å². The summed E-state index contributed by atoms with van der Waals surface area (Å²) < 4.78 is 13.6. The predicted molar refractivity (Wildman–Crippen MR) is 132 cm³/mol. The second-order valence-corrected chi connectivity index (χ2v) is 9.48. The van der Waals surface area contributed by atoms with Gasteiger partial charge in [-0.3, -0.25) is 9.58 Å². The maximum atomic E-state index is 5.93. The van der Waals surface area contributed by atoms with Gasteiger partial charge in [0.25, 0.3) is 6.01 Å². The zero-order chi connectivity index (χ0) is 22.9. The van der Waals surface area contributed by atoms with Crippen molar-refractivity contribution in [3.63, 3.8) is 0 Å². The van der Waals surface area contributed by atoms with Gasteiger partial charge in [0.05, 0.1) is 36.0 Å². The second-order valence-electron chi connectivity index (χ2n) is 9.48. The Hall–Kier alpha value is -3.16. The highest BCUT2D eigenvalue weighted by molar-refractivity contribution is 5.81. The van der Waals surface area contributed by atoms with E-state index in [1.54, 1.807) is 0 Å². The molecule has 2 aliphatic rings. The smallest absolute Gasteiger partial charge is 0.300 e.